The van der Waals surface area contributed by atoms with Crippen molar-refractivity contribution in [1.29, 1.82) is 0 Å². The van der Waals surface area contributed by atoms with Gasteiger partial charge in [0.1, 0.15) is 0 Å². The van der Waals surface area contributed by atoms with Crippen LogP contribution in [-0.4, -0.2) is 33.1 Å². The summed E-state index contributed by atoms with van der Waals surface area (Å²) in [5.41, 5.74) is 3.26. The summed E-state index contributed by atoms with van der Waals surface area (Å²) < 4.78 is 0. The second-order valence-corrected chi connectivity index (χ2v) is 11.5. The van der Waals surface area contributed by atoms with Gasteiger partial charge in [-0.3, -0.25) is 0 Å². The van der Waals surface area contributed by atoms with Gasteiger partial charge < -0.3 is 15.3 Å². The van der Waals surface area contributed by atoms with E-state index in [1.54, 1.807) is 5.57 Å². The van der Waals surface area contributed by atoms with E-state index >= 15 is 0 Å². The van der Waals surface area contributed by atoms with Crippen molar-refractivity contribution in [1.82, 2.24) is 0 Å². The predicted octanol–water partition coefficient (Wildman–Crippen LogP) is 6.48. The zero-order valence-corrected chi connectivity index (χ0v) is 21.1. The maximum atomic E-state index is 10.6. The van der Waals surface area contributed by atoms with E-state index in [-0.39, 0.29) is 0 Å². The first-order valence-corrected chi connectivity index (χ1v) is 13.3. The molecule has 3 heteroatoms. The molecule has 6 atom stereocenters. The molecule has 0 amide bonds. The zero-order valence-electron chi connectivity index (χ0n) is 21.1. The van der Waals surface area contributed by atoms with Crippen LogP contribution in [0.2, 0.25) is 0 Å². The molecule has 3 N–H and O–H groups in total. The second-order valence-electron chi connectivity index (χ2n) is 11.5. The molecular formula is C29H48O3. The summed E-state index contributed by atoms with van der Waals surface area (Å²) in [5, 5.41) is 30.9. The van der Waals surface area contributed by atoms with Crippen molar-refractivity contribution >= 4 is 0 Å². The summed E-state index contributed by atoms with van der Waals surface area (Å²) in [5.74, 6) is 2.10. The summed E-state index contributed by atoms with van der Waals surface area (Å²) in [6.45, 7) is 13.3. The van der Waals surface area contributed by atoms with Crippen LogP contribution in [0.15, 0.2) is 35.5 Å². The third kappa shape index (κ3) is 5.42. The molecule has 3 saturated carbocycles. The Balaban J connectivity index is 1.67. The molecule has 0 bridgehead atoms. The van der Waals surface area contributed by atoms with Crippen LogP contribution in [0.5, 0.6) is 0 Å². The van der Waals surface area contributed by atoms with E-state index in [4.69, 9.17) is 0 Å². The Kier molecular flexibility index (Phi) is 8.50. The van der Waals surface area contributed by atoms with Crippen LogP contribution in [0.1, 0.15) is 105 Å². The molecule has 32 heavy (non-hydrogen) atoms. The van der Waals surface area contributed by atoms with Gasteiger partial charge >= 0.3 is 0 Å². The average molecular weight is 445 g/mol. The molecule has 3 fully saturated rings. The number of hydrogen-bond donors (Lipinski definition) is 3. The van der Waals surface area contributed by atoms with Crippen LogP contribution >= 0.6 is 0 Å². The summed E-state index contributed by atoms with van der Waals surface area (Å²) in [4.78, 5) is 0. The minimum absolute atomic E-state index is 0.371. The molecule has 0 spiro atoms. The highest BCUT2D eigenvalue weighted by Crippen LogP contribution is 2.60. The summed E-state index contributed by atoms with van der Waals surface area (Å²) in [7, 11) is 0. The maximum Gasteiger partial charge on any atom is 0.0811 e. The van der Waals surface area contributed by atoms with Crippen molar-refractivity contribution in [3.8, 4) is 0 Å². The van der Waals surface area contributed by atoms with Crippen molar-refractivity contribution in [3.05, 3.63) is 35.5 Å². The lowest BCUT2D eigenvalue weighted by molar-refractivity contribution is 0.0178. The molecule has 0 heterocycles. The Labute approximate surface area is 196 Å². The van der Waals surface area contributed by atoms with Gasteiger partial charge in [-0.2, -0.15) is 0 Å². The summed E-state index contributed by atoms with van der Waals surface area (Å²) in [6.07, 6.45) is 15.7. The van der Waals surface area contributed by atoms with Crippen molar-refractivity contribution in [2.24, 2.45) is 23.2 Å². The van der Waals surface area contributed by atoms with Gasteiger partial charge in [0, 0.05) is 6.42 Å². The van der Waals surface area contributed by atoms with Crippen LogP contribution in [-0.2, 0) is 0 Å². The maximum absolute atomic E-state index is 10.6. The van der Waals surface area contributed by atoms with Crippen LogP contribution < -0.4 is 0 Å². The number of aliphatic hydroxyl groups is 3. The Morgan fingerprint density at radius 1 is 1.19 bits per heavy atom. The largest absolute Gasteiger partial charge is 0.393 e. The lowest BCUT2D eigenvalue weighted by Crippen LogP contribution is -2.36. The number of fused-ring (bicyclic) bond motifs is 1. The number of rotatable bonds is 8. The van der Waals surface area contributed by atoms with Gasteiger partial charge in [0.25, 0.3) is 0 Å². The first-order valence-electron chi connectivity index (χ1n) is 13.3. The van der Waals surface area contributed by atoms with Crippen molar-refractivity contribution in [3.63, 3.8) is 0 Å². The van der Waals surface area contributed by atoms with Gasteiger partial charge in [0.05, 0.1) is 17.8 Å². The molecule has 0 aliphatic heterocycles. The monoisotopic (exact) mass is 444 g/mol. The second kappa shape index (κ2) is 10.6. The SMILES string of the molecule is C=C1/C(=C/C=C2/CCC[C@@]3(C)C2CC[C@@H]3C(C)CCCC(O)(CC)CC)C[C@@H](O)C[C@H]1O. The van der Waals surface area contributed by atoms with Gasteiger partial charge in [0.15, 0.2) is 0 Å². The minimum atomic E-state index is -0.616. The normalized spacial score (nSPS) is 37.2. The molecule has 2 unspecified atom stereocenters. The minimum Gasteiger partial charge on any atom is -0.393 e. The van der Waals surface area contributed by atoms with Gasteiger partial charge in [-0.15, -0.1) is 0 Å². The number of aliphatic hydroxyl groups excluding tert-OH is 2. The summed E-state index contributed by atoms with van der Waals surface area (Å²) in [6, 6.07) is 0. The highest BCUT2D eigenvalue weighted by Gasteiger charge is 2.50. The van der Waals surface area contributed by atoms with Crippen LogP contribution in [0.25, 0.3) is 0 Å². The van der Waals surface area contributed by atoms with E-state index in [1.165, 1.54) is 38.5 Å². The van der Waals surface area contributed by atoms with Gasteiger partial charge in [-0.25, -0.2) is 0 Å². The fourth-order valence-electron chi connectivity index (χ4n) is 7.24. The smallest absolute Gasteiger partial charge is 0.0811 e. The first-order chi connectivity index (χ1) is 15.1. The fraction of sp³-hybridized carbons (Fsp3) is 0.793. The highest BCUT2D eigenvalue weighted by molar-refractivity contribution is 5.38. The fourth-order valence-corrected chi connectivity index (χ4v) is 7.24. The molecule has 3 aliphatic carbocycles. The van der Waals surface area contributed by atoms with Gasteiger partial charge in [-0.1, -0.05) is 64.8 Å². The number of hydrogen-bond acceptors (Lipinski definition) is 3. The third-order valence-electron chi connectivity index (χ3n) is 9.61. The molecular weight excluding hydrogens is 396 g/mol. The van der Waals surface area contributed by atoms with Gasteiger partial charge in [-0.05, 0) is 92.1 Å². The molecule has 3 aliphatic rings. The molecule has 3 nitrogen and oxygen atoms in total. The molecule has 0 aromatic rings. The molecule has 0 radical (unpaired) electrons. The lowest BCUT2D eigenvalue weighted by Gasteiger charge is -2.44. The quantitative estimate of drug-likeness (QED) is 0.401. The zero-order chi connectivity index (χ0) is 23.5. The Morgan fingerprint density at radius 3 is 2.59 bits per heavy atom. The first kappa shape index (κ1) is 25.7. The molecule has 0 saturated heterocycles. The standard InChI is InChI=1S/C29H48O3/c1-6-29(32,7-2)17-8-10-20(3)25-14-15-26-22(11-9-16-28(25,26)5)12-13-23-18-24(30)19-27(31)21(23)4/h12-13,20,24-27,30-32H,4,6-11,14-19H2,1-3,5H3/b22-12-,23-13+/t20?,24-,25-,26?,27-,28-/m1/s1. The Morgan fingerprint density at radius 2 is 1.91 bits per heavy atom. The molecule has 3 rings (SSSR count). The molecule has 182 valence electrons. The van der Waals surface area contributed by atoms with Crippen molar-refractivity contribution < 1.29 is 15.3 Å². The summed E-state index contributed by atoms with van der Waals surface area (Å²) >= 11 is 0. The van der Waals surface area contributed by atoms with E-state index in [0.29, 0.717) is 30.1 Å². The van der Waals surface area contributed by atoms with E-state index < -0.39 is 17.8 Å². The Hall–Kier alpha value is -0.900. The van der Waals surface area contributed by atoms with Crippen molar-refractivity contribution in [2.45, 2.75) is 123 Å². The van der Waals surface area contributed by atoms with Gasteiger partial charge in [0.2, 0.25) is 0 Å². The van der Waals surface area contributed by atoms with E-state index in [1.807, 2.05) is 0 Å². The average Bonchev–Trinajstić information content (AvgIpc) is 3.12. The van der Waals surface area contributed by atoms with Crippen LogP contribution in [0.3, 0.4) is 0 Å². The molecule has 0 aromatic heterocycles. The Bertz CT molecular complexity index is 716. The van der Waals surface area contributed by atoms with Crippen LogP contribution in [0, 0.1) is 23.2 Å². The van der Waals surface area contributed by atoms with E-state index in [0.717, 1.165) is 42.7 Å². The van der Waals surface area contributed by atoms with E-state index in [2.05, 4.69) is 46.4 Å². The van der Waals surface area contributed by atoms with Crippen LogP contribution in [0.4, 0.5) is 0 Å². The number of allylic oxidation sites excluding steroid dienone is 3. The lowest BCUT2D eigenvalue weighted by atomic mass is 9.60. The van der Waals surface area contributed by atoms with E-state index in [9.17, 15) is 15.3 Å². The topological polar surface area (TPSA) is 60.7 Å². The molecule has 0 aromatic carbocycles. The highest BCUT2D eigenvalue weighted by atomic mass is 16.3. The predicted molar refractivity (Wildman–Crippen MR) is 133 cm³/mol. The van der Waals surface area contributed by atoms with Crippen molar-refractivity contribution in [2.75, 3.05) is 0 Å². The third-order valence-corrected chi connectivity index (χ3v) is 9.61.